The van der Waals surface area contributed by atoms with Gasteiger partial charge in [0, 0.05) is 68.6 Å². The number of thiophene rings is 1. The standard InChI is InChI=1S/C55H53N3O7S/c1-54(2,63)38-10-19-47(45(29-38)46-33-57(3)53(62)50-43(46)20-23-56-50)65-42-14-4-34(5-15-42)28-35-31-55(32-35)21-24-58(25-22-55)26-27-64-41-16-8-36(9-17-41)51(61)49-44-18-13-40(60)30-48(44)66-52(49)37-6-11-39(59)12-7-37/h4-20,23,29-30,33,35,56,59-60,63H,21-22,24-28,31-32H2,1-3H3. The van der Waals surface area contributed by atoms with Gasteiger partial charge in [0.05, 0.1) is 5.60 Å². The van der Waals surface area contributed by atoms with Gasteiger partial charge in [-0.1, -0.05) is 18.2 Å². The predicted molar refractivity (Wildman–Crippen MR) is 261 cm³/mol. The quantitative estimate of drug-likeness (QED) is 0.0840. The van der Waals surface area contributed by atoms with Crippen LogP contribution >= 0.6 is 11.3 Å². The number of ether oxygens (including phenoxy) is 2. The van der Waals surface area contributed by atoms with Crippen LogP contribution in [0.3, 0.4) is 0 Å². The van der Waals surface area contributed by atoms with Gasteiger partial charge in [0.25, 0.3) is 5.56 Å². The van der Waals surface area contributed by atoms with E-state index in [1.807, 2.05) is 66.9 Å². The molecule has 4 heterocycles. The topological polar surface area (TPSA) is 137 Å². The van der Waals surface area contributed by atoms with Crippen LogP contribution in [-0.4, -0.2) is 61.8 Å². The number of aromatic nitrogens is 2. The van der Waals surface area contributed by atoms with Crippen LogP contribution in [0.15, 0.2) is 132 Å². The van der Waals surface area contributed by atoms with Crippen LogP contribution in [0.4, 0.5) is 0 Å². The summed E-state index contributed by atoms with van der Waals surface area (Å²) in [5.41, 5.74) is 5.47. The number of pyridine rings is 1. The fourth-order valence-electron chi connectivity index (χ4n) is 10.1. The Morgan fingerprint density at radius 2 is 1.55 bits per heavy atom. The minimum absolute atomic E-state index is 0.103. The third-order valence-corrected chi connectivity index (χ3v) is 14.9. The second kappa shape index (κ2) is 17.3. The van der Waals surface area contributed by atoms with Crippen molar-refractivity contribution in [2.75, 3.05) is 26.2 Å². The summed E-state index contributed by atoms with van der Waals surface area (Å²) >= 11 is 1.45. The van der Waals surface area contributed by atoms with E-state index in [1.165, 1.54) is 42.6 Å². The van der Waals surface area contributed by atoms with Crippen molar-refractivity contribution < 1.29 is 29.6 Å². The zero-order valence-corrected chi connectivity index (χ0v) is 38.2. The number of ketones is 1. The van der Waals surface area contributed by atoms with Crippen molar-refractivity contribution >= 4 is 38.1 Å². The van der Waals surface area contributed by atoms with E-state index in [4.69, 9.17) is 9.47 Å². The normalized spacial score (nSPS) is 15.3. The Hall–Kier alpha value is -6.66. The Bertz CT molecular complexity index is 3130. The number of aryl methyl sites for hydroxylation is 1. The van der Waals surface area contributed by atoms with E-state index in [0.717, 1.165) is 80.2 Å². The van der Waals surface area contributed by atoms with Crippen LogP contribution in [0.2, 0.25) is 0 Å². The summed E-state index contributed by atoms with van der Waals surface area (Å²) in [4.78, 5) is 33.2. The number of likely N-dealkylation sites (tertiary alicyclic amines) is 1. The lowest BCUT2D eigenvalue weighted by molar-refractivity contribution is -0.0150. The Morgan fingerprint density at radius 3 is 2.27 bits per heavy atom. The van der Waals surface area contributed by atoms with Gasteiger partial charge < -0.3 is 34.3 Å². The van der Waals surface area contributed by atoms with Gasteiger partial charge in [-0.2, -0.15) is 0 Å². The van der Waals surface area contributed by atoms with E-state index in [2.05, 4.69) is 22.0 Å². The summed E-state index contributed by atoms with van der Waals surface area (Å²) < 4.78 is 15.1. The first-order valence-electron chi connectivity index (χ1n) is 22.6. The molecule has 10 nitrogen and oxygen atoms in total. The molecule has 1 aliphatic heterocycles. The Balaban J connectivity index is 0.707. The minimum atomic E-state index is -1.06. The van der Waals surface area contributed by atoms with Crippen molar-refractivity contribution in [3.63, 3.8) is 0 Å². The molecule has 5 aromatic carbocycles. The van der Waals surface area contributed by atoms with Gasteiger partial charge in [-0.05, 0) is 184 Å². The van der Waals surface area contributed by atoms with Gasteiger partial charge in [-0.3, -0.25) is 14.5 Å². The van der Waals surface area contributed by atoms with E-state index in [9.17, 15) is 24.9 Å². The number of nitrogens with zero attached hydrogens (tertiary/aromatic N) is 2. The maximum atomic E-state index is 14.0. The van der Waals surface area contributed by atoms with E-state index in [-0.39, 0.29) is 22.8 Å². The molecule has 66 heavy (non-hydrogen) atoms. The van der Waals surface area contributed by atoms with Gasteiger partial charge in [0.15, 0.2) is 5.78 Å². The van der Waals surface area contributed by atoms with Gasteiger partial charge >= 0.3 is 0 Å². The number of benzene rings is 5. The predicted octanol–water partition coefficient (Wildman–Crippen LogP) is 11.2. The van der Waals surface area contributed by atoms with E-state index < -0.39 is 5.60 Å². The van der Waals surface area contributed by atoms with Crippen molar-refractivity contribution in [1.29, 1.82) is 0 Å². The van der Waals surface area contributed by atoms with Crippen molar-refractivity contribution in [2.45, 2.75) is 51.6 Å². The van der Waals surface area contributed by atoms with Crippen molar-refractivity contribution in [1.82, 2.24) is 14.5 Å². The van der Waals surface area contributed by atoms with Crippen molar-refractivity contribution in [3.8, 4) is 50.3 Å². The monoisotopic (exact) mass is 899 g/mol. The van der Waals surface area contributed by atoms with Crippen molar-refractivity contribution in [3.05, 3.63) is 160 Å². The fraction of sp³-hybridized carbons (Fsp3) is 0.273. The van der Waals surface area contributed by atoms with Gasteiger partial charge in [-0.15, -0.1) is 11.3 Å². The summed E-state index contributed by atoms with van der Waals surface area (Å²) in [6, 6.07) is 35.3. The molecule has 4 N–H and O–H groups in total. The first-order valence-corrected chi connectivity index (χ1v) is 23.5. The lowest BCUT2D eigenvalue weighted by Crippen LogP contribution is -2.48. The van der Waals surface area contributed by atoms with Crippen LogP contribution < -0.4 is 15.0 Å². The molecular weight excluding hydrogens is 847 g/mol. The molecule has 0 amide bonds. The number of hydrogen-bond donors (Lipinski definition) is 4. The molecular formula is C55H53N3O7S. The highest BCUT2D eigenvalue weighted by atomic mass is 32.1. The summed E-state index contributed by atoms with van der Waals surface area (Å²) in [6.07, 6.45) is 9.57. The zero-order chi connectivity index (χ0) is 45.7. The molecule has 0 radical (unpaired) electrons. The SMILES string of the molecule is Cn1cc(-c2cc(C(C)(C)O)ccc2Oc2ccc(CC3CC4(CCN(CCOc5ccc(C(=O)c6c(-c7ccc(O)cc7)sc7cc(O)ccc67)cc5)CC4)C3)cc2)c2cc[nH]c2c1=O. The van der Waals surface area contributed by atoms with E-state index in [0.29, 0.717) is 40.3 Å². The summed E-state index contributed by atoms with van der Waals surface area (Å²) in [7, 11) is 1.74. The van der Waals surface area contributed by atoms with Gasteiger partial charge in [0.1, 0.15) is 40.9 Å². The molecule has 336 valence electrons. The highest BCUT2D eigenvalue weighted by molar-refractivity contribution is 7.22. The zero-order valence-electron chi connectivity index (χ0n) is 37.3. The number of phenols is 2. The van der Waals surface area contributed by atoms with Crippen molar-refractivity contribution in [2.24, 2.45) is 18.4 Å². The van der Waals surface area contributed by atoms with E-state index in [1.54, 1.807) is 74.1 Å². The molecule has 1 spiro atoms. The molecule has 2 fully saturated rings. The summed E-state index contributed by atoms with van der Waals surface area (Å²) in [5, 5.41) is 32.4. The molecule has 1 saturated carbocycles. The molecule has 10 rings (SSSR count). The number of H-pyrrole nitrogens is 1. The second-order valence-electron chi connectivity index (χ2n) is 18.8. The summed E-state index contributed by atoms with van der Waals surface area (Å²) in [5.74, 6) is 2.97. The number of piperidine rings is 1. The number of rotatable bonds is 13. The maximum absolute atomic E-state index is 14.0. The van der Waals surface area contributed by atoms with Crippen LogP contribution in [0.5, 0.6) is 28.7 Å². The lowest BCUT2D eigenvalue weighted by atomic mass is 9.56. The van der Waals surface area contributed by atoms with Gasteiger partial charge in [0.2, 0.25) is 0 Å². The highest BCUT2D eigenvalue weighted by Crippen LogP contribution is 2.53. The van der Waals surface area contributed by atoms with Crippen LogP contribution in [0.25, 0.3) is 42.6 Å². The maximum Gasteiger partial charge on any atom is 0.274 e. The lowest BCUT2D eigenvalue weighted by Gasteiger charge is -2.52. The fourth-order valence-corrected chi connectivity index (χ4v) is 11.3. The number of carbonyl (C=O) groups is 1. The van der Waals surface area contributed by atoms with Crippen LogP contribution in [0, 0.1) is 11.3 Å². The number of aliphatic hydroxyl groups is 1. The first-order chi connectivity index (χ1) is 31.8. The molecule has 2 aliphatic rings. The third kappa shape index (κ3) is 8.62. The molecule has 0 unspecified atom stereocenters. The molecule has 0 atom stereocenters. The Kier molecular flexibility index (Phi) is 11.3. The Labute approximate surface area is 387 Å². The number of nitrogens with one attached hydrogen (secondary N) is 1. The summed E-state index contributed by atoms with van der Waals surface area (Å²) in [6.45, 7) is 7.09. The number of phenolic OH excluding ortho intramolecular Hbond substituents is 2. The number of aromatic amines is 1. The van der Waals surface area contributed by atoms with Crippen LogP contribution in [-0.2, 0) is 19.1 Å². The number of aromatic hydroxyl groups is 2. The molecule has 1 saturated heterocycles. The average molecular weight is 900 g/mol. The molecule has 11 heteroatoms. The third-order valence-electron chi connectivity index (χ3n) is 13.7. The minimum Gasteiger partial charge on any atom is -0.508 e. The molecule has 0 bridgehead atoms. The van der Waals surface area contributed by atoms with E-state index >= 15 is 0 Å². The number of fused-ring (bicyclic) bond motifs is 2. The Morgan fingerprint density at radius 1 is 0.833 bits per heavy atom. The first kappa shape index (κ1) is 43.2. The average Bonchev–Trinajstić information content (AvgIpc) is 3.94. The largest absolute Gasteiger partial charge is 0.508 e. The van der Waals surface area contributed by atoms with Gasteiger partial charge in [-0.25, -0.2) is 0 Å². The highest BCUT2D eigenvalue weighted by Gasteiger charge is 2.45. The van der Waals surface area contributed by atoms with Crippen LogP contribution in [0.1, 0.15) is 66.6 Å². The molecule has 8 aromatic rings. The number of carbonyl (C=O) groups excluding carboxylic acids is 1. The smallest absolute Gasteiger partial charge is 0.274 e. The molecule has 3 aromatic heterocycles. The number of hydrogen-bond acceptors (Lipinski definition) is 9. The molecule has 1 aliphatic carbocycles. The second-order valence-corrected chi connectivity index (χ2v) is 19.8.